The van der Waals surface area contributed by atoms with Gasteiger partial charge in [0.25, 0.3) is 0 Å². The maximum atomic E-state index is 11.5. The smallest absolute Gasteiger partial charge is 0.358 e. The molecule has 0 unspecified atom stereocenters. The first-order valence-corrected chi connectivity index (χ1v) is 5.07. The molecule has 0 atom stereocenters. The molecule has 2 aromatic heterocycles. The Morgan fingerprint density at radius 3 is 3.06 bits per heavy atom. The largest absolute Gasteiger partial charge is 0.389 e. The molecule has 0 radical (unpaired) electrons. The van der Waals surface area contributed by atoms with Crippen molar-refractivity contribution in [3.63, 3.8) is 0 Å². The van der Waals surface area contributed by atoms with Gasteiger partial charge >= 0.3 is 5.82 Å². The zero-order valence-corrected chi connectivity index (χ0v) is 9.24. The molecule has 0 saturated heterocycles. The maximum Gasteiger partial charge on any atom is 0.389 e. The molecule has 9 nitrogen and oxygen atoms in total. The van der Waals surface area contributed by atoms with E-state index in [-0.39, 0.29) is 18.3 Å². The molecular weight excluding hydrogens is 240 g/mol. The predicted octanol–water partition coefficient (Wildman–Crippen LogP) is -0.169. The summed E-state index contributed by atoms with van der Waals surface area (Å²) in [4.78, 5) is 27.9. The molecule has 0 spiro atoms. The van der Waals surface area contributed by atoms with Crippen molar-refractivity contribution in [1.29, 1.82) is 0 Å². The minimum atomic E-state index is -0.612. The molecule has 9 heteroatoms. The highest BCUT2D eigenvalue weighted by Crippen LogP contribution is 2.04. The van der Waals surface area contributed by atoms with E-state index in [1.807, 2.05) is 0 Å². The van der Waals surface area contributed by atoms with Crippen LogP contribution in [0.25, 0.3) is 0 Å². The molecule has 0 aliphatic carbocycles. The lowest BCUT2D eigenvalue weighted by molar-refractivity contribution is -0.389. The lowest BCUT2D eigenvalue weighted by Crippen LogP contribution is -2.27. The van der Waals surface area contributed by atoms with Gasteiger partial charge in [-0.25, -0.2) is 4.98 Å². The summed E-state index contributed by atoms with van der Waals surface area (Å²) >= 11 is 0. The summed E-state index contributed by atoms with van der Waals surface area (Å²) in [5.74, 6) is -0.570. The van der Waals surface area contributed by atoms with Gasteiger partial charge in [-0.05, 0) is 4.92 Å². The number of rotatable bonds is 5. The highest BCUT2D eigenvalue weighted by molar-refractivity contribution is 5.75. The van der Waals surface area contributed by atoms with Crippen LogP contribution in [0.5, 0.6) is 0 Å². The molecule has 2 heterocycles. The van der Waals surface area contributed by atoms with Crippen molar-refractivity contribution >= 4 is 11.7 Å². The van der Waals surface area contributed by atoms with Crippen molar-refractivity contribution in [1.82, 2.24) is 25.1 Å². The zero-order chi connectivity index (χ0) is 13.0. The lowest BCUT2D eigenvalue weighted by atomic mass is 10.4. The third kappa shape index (κ3) is 2.90. The van der Waals surface area contributed by atoms with Crippen LogP contribution in [-0.4, -0.2) is 30.6 Å². The molecule has 2 N–H and O–H groups in total. The average molecular weight is 250 g/mol. The highest BCUT2D eigenvalue weighted by atomic mass is 16.6. The van der Waals surface area contributed by atoms with E-state index < -0.39 is 4.92 Å². The molecule has 94 valence electrons. The van der Waals surface area contributed by atoms with E-state index in [1.54, 1.807) is 6.20 Å². The predicted molar refractivity (Wildman–Crippen MR) is 59.3 cm³/mol. The molecule has 2 aromatic rings. The first kappa shape index (κ1) is 11.8. The number of imidazole rings is 1. The number of nitro groups is 1. The van der Waals surface area contributed by atoms with Crippen molar-refractivity contribution < 1.29 is 9.72 Å². The molecule has 0 aliphatic rings. The first-order chi connectivity index (χ1) is 8.65. The van der Waals surface area contributed by atoms with Gasteiger partial charge in [0.15, 0.2) is 0 Å². The van der Waals surface area contributed by atoms with Gasteiger partial charge in [-0.3, -0.25) is 4.79 Å². The van der Waals surface area contributed by atoms with Gasteiger partial charge < -0.3 is 20.4 Å². The van der Waals surface area contributed by atoms with Crippen LogP contribution >= 0.6 is 0 Å². The number of carbonyl (C=O) groups excluding carboxylic acids is 1. The molecule has 18 heavy (non-hydrogen) atoms. The topological polar surface area (TPSA) is 119 Å². The number of carbonyl (C=O) groups is 1. The number of nitrogens with zero attached hydrogens (tertiary/aromatic N) is 4. The second-order valence-electron chi connectivity index (χ2n) is 3.48. The van der Waals surface area contributed by atoms with E-state index in [9.17, 15) is 14.9 Å². The number of hydrogen-bond acceptors (Lipinski definition) is 5. The Labute approximate surface area is 101 Å². The third-order valence-corrected chi connectivity index (χ3v) is 2.15. The Kier molecular flexibility index (Phi) is 3.32. The fourth-order valence-electron chi connectivity index (χ4n) is 1.31. The minimum absolute atomic E-state index is 0.0675. The van der Waals surface area contributed by atoms with Crippen LogP contribution in [0, 0.1) is 10.1 Å². The summed E-state index contributed by atoms with van der Waals surface area (Å²) in [6.07, 6.45) is 4.49. The van der Waals surface area contributed by atoms with Gasteiger partial charge in [-0.2, -0.15) is 4.68 Å². The fraction of sp³-hybridized carbons (Fsp3) is 0.222. The summed E-state index contributed by atoms with van der Waals surface area (Å²) in [5.41, 5.74) is 0.773. The molecule has 0 aromatic carbocycles. The van der Waals surface area contributed by atoms with Crippen LogP contribution in [0.2, 0.25) is 0 Å². The van der Waals surface area contributed by atoms with Gasteiger partial charge in [0.05, 0.1) is 35.9 Å². The number of aromatic amines is 1. The van der Waals surface area contributed by atoms with Gasteiger partial charge in [-0.1, -0.05) is 0 Å². The Morgan fingerprint density at radius 2 is 2.44 bits per heavy atom. The monoisotopic (exact) mass is 250 g/mol. The Balaban J connectivity index is 1.85. The van der Waals surface area contributed by atoms with Crippen molar-refractivity contribution in [2.45, 2.75) is 13.1 Å². The SMILES string of the molecule is O=C(Cn1ccc([N+](=O)[O-])n1)NCc1cnc[nH]1. The van der Waals surface area contributed by atoms with E-state index in [2.05, 4.69) is 20.4 Å². The molecule has 0 bridgehead atoms. The van der Waals surface area contributed by atoms with Gasteiger partial charge in [0.1, 0.15) is 6.54 Å². The average Bonchev–Trinajstić information content (AvgIpc) is 2.96. The standard InChI is InChI=1S/C9H10N6O3/c16-9(11-4-7-3-10-6-12-7)5-14-2-1-8(13-14)15(17)18/h1-3,6H,4-5H2,(H,10,12)(H,11,16). The van der Waals surface area contributed by atoms with Crippen molar-refractivity contribution in [2.75, 3.05) is 0 Å². The van der Waals surface area contributed by atoms with Crippen LogP contribution in [0.15, 0.2) is 24.8 Å². The van der Waals surface area contributed by atoms with Crippen molar-refractivity contribution in [2.24, 2.45) is 0 Å². The molecular formula is C9H10N6O3. The van der Waals surface area contributed by atoms with Crippen LogP contribution in [-0.2, 0) is 17.9 Å². The number of amides is 1. The molecule has 0 aliphatic heterocycles. The van der Waals surface area contributed by atoms with E-state index in [0.717, 1.165) is 5.69 Å². The summed E-state index contributed by atoms with van der Waals surface area (Å²) in [5, 5.41) is 16.7. The van der Waals surface area contributed by atoms with E-state index >= 15 is 0 Å². The number of nitrogens with one attached hydrogen (secondary N) is 2. The Hall–Kier alpha value is -2.71. The minimum Gasteiger partial charge on any atom is -0.358 e. The second-order valence-corrected chi connectivity index (χ2v) is 3.48. The summed E-state index contributed by atoms with van der Waals surface area (Å²) < 4.78 is 1.21. The molecule has 2 rings (SSSR count). The van der Waals surface area contributed by atoms with Crippen LogP contribution in [0.1, 0.15) is 5.69 Å². The van der Waals surface area contributed by atoms with Gasteiger partial charge in [0.2, 0.25) is 5.91 Å². The quantitative estimate of drug-likeness (QED) is 0.564. The van der Waals surface area contributed by atoms with Crippen LogP contribution < -0.4 is 5.32 Å². The number of hydrogen-bond donors (Lipinski definition) is 2. The van der Waals surface area contributed by atoms with E-state index in [0.29, 0.717) is 6.54 Å². The fourth-order valence-corrected chi connectivity index (χ4v) is 1.31. The van der Waals surface area contributed by atoms with Gasteiger partial charge in [0, 0.05) is 6.20 Å². The van der Waals surface area contributed by atoms with Crippen LogP contribution in [0.3, 0.4) is 0 Å². The van der Waals surface area contributed by atoms with Crippen molar-refractivity contribution in [3.05, 3.63) is 40.6 Å². The Morgan fingerprint density at radius 1 is 1.61 bits per heavy atom. The number of H-pyrrole nitrogens is 1. The second kappa shape index (κ2) is 5.08. The maximum absolute atomic E-state index is 11.5. The summed E-state index contributed by atoms with van der Waals surface area (Å²) in [7, 11) is 0. The molecule has 0 saturated carbocycles. The van der Waals surface area contributed by atoms with E-state index in [1.165, 1.54) is 23.3 Å². The lowest BCUT2D eigenvalue weighted by Gasteiger charge is -2.01. The highest BCUT2D eigenvalue weighted by Gasteiger charge is 2.13. The van der Waals surface area contributed by atoms with Crippen LogP contribution in [0.4, 0.5) is 5.82 Å². The third-order valence-electron chi connectivity index (χ3n) is 2.15. The zero-order valence-electron chi connectivity index (χ0n) is 9.24. The van der Waals surface area contributed by atoms with Crippen molar-refractivity contribution in [3.8, 4) is 0 Å². The normalized spacial score (nSPS) is 10.2. The molecule has 1 amide bonds. The Bertz CT molecular complexity index is 546. The number of aromatic nitrogens is 4. The summed E-state index contributed by atoms with van der Waals surface area (Å²) in [6.45, 7) is 0.254. The summed E-state index contributed by atoms with van der Waals surface area (Å²) in [6, 6.07) is 1.24. The van der Waals surface area contributed by atoms with E-state index in [4.69, 9.17) is 0 Å². The first-order valence-electron chi connectivity index (χ1n) is 5.07. The molecule has 0 fully saturated rings. The van der Waals surface area contributed by atoms with Gasteiger partial charge in [-0.15, -0.1) is 0 Å².